The van der Waals surface area contributed by atoms with E-state index in [2.05, 4.69) is 15.1 Å². The topological polar surface area (TPSA) is 87.1 Å². The number of halogens is 1. The summed E-state index contributed by atoms with van der Waals surface area (Å²) in [5.41, 5.74) is 0.915. The van der Waals surface area contributed by atoms with Gasteiger partial charge in [-0.25, -0.2) is 4.98 Å². The molecule has 1 amide bonds. The van der Waals surface area contributed by atoms with Crippen molar-refractivity contribution in [2.45, 2.75) is 6.54 Å². The maximum atomic E-state index is 12.5. The molecule has 0 saturated carbocycles. The van der Waals surface area contributed by atoms with Crippen LogP contribution in [0.15, 0.2) is 35.3 Å². The molecule has 8 nitrogen and oxygen atoms in total. The molecule has 0 saturated heterocycles. The van der Waals surface area contributed by atoms with Crippen molar-refractivity contribution in [3.63, 3.8) is 0 Å². The molecule has 1 aromatic carbocycles. The zero-order chi connectivity index (χ0) is 18.8. The predicted molar refractivity (Wildman–Crippen MR) is 100 cm³/mol. The average Bonchev–Trinajstić information content (AvgIpc) is 2.96. The average molecular weight is 375 g/mol. The van der Waals surface area contributed by atoms with E-state index in [1.165, 1.54) is 11.1 Å². The van der Waals surface area contributed by atoms with Crippen LogP contribution in [0.2, 0.25) is 5.02 Å². The van der Waals surface area contributed by atoms with Crippen LogP contribution in [0.3, 0.4) is 0 Å². The SMILES string of the molecule is CN(CC(=O)N(C)c1ccccc1Cl)Cc1nc2c(cnn2C)c(=O)[nH]1. The number of carbonyl (C=O) groups is 1. The molecule has 0 spiro atoms. The summed E-state index contributed by atoms with van der Waals surface area (Å²) in [7, 11) is 5.19. The molecule has 0 radical (unpaired) electrons. The predicted octanol–water partition coefficient (Wildman–Crippen LogP) is 1.40. The van der Waals surface area contributed by atoms with Crippen molar-refractivity contribution in [2.24, 2.45) is 7.05 Å². The minimum atomic E-state index is -0.244. The van der Waals surface area contributed by atoms with Crippen molar-refractivity contribution in [1.29, 1.82) is 0 Å². The van der Waals surface area contributed by atoms with Gasteiger partial charge in [0.25, 0.3) is 5.56 Å². The van der Waals surface area contributed by atoms with Crippen LogP contribution in [-0.4, -0.2) is 51.2 Å². The molecule has 2 aromatic heterocycles. The summed E-state index contributed by atoms with van der Waals surface area (Å²) >= 11 is 6.14. The molecular formula is C17H19ClN6O2. The largest absolute Gasteiger partial charge is 0.313 e. The van der Waals surface area contributed by atoms with Crippen molar-refractivity contribution in [3.8, 4) is 0 Å². The van der Waals surface area contributed by atoms with Crippen molar-refractivity contribution in [2.75, 3.05) is 25.5 Å². The molecule has 0 aliphatic heterocycles. The molecule has 0 unspecified atom stereocenters. The molecule has 0 fully saturated rings. The zero-order valence-electron chi connectivity index (χ0n) is 14.7. The number of H-pyrrole nitrogens is 1. The lowest BCUT2D eigenvalue weighted by molar-refractivity contribution is -0.119. The number of anilines is 1. The fraction of sp³-hybridized carbons (Fsp3) is 0.294. The van der Waals surface area contributed by atoms with E-state index in [1.807, 2.05) is 12.1 Å². The smallest absolute Gasteiger partial charge is 0.262 e. The summed E-state index contributed by atoms with van der Waals surface area (Å²) < 4.78 is 1.55. The molecule has 0 atom stereocenters. The quantitative estimate of drug-likeness (QED) is 0.729. The van der Waals surface area contributed by atoms with E-state index < -0.39 is 0 Å². The molecular weight excluding hydrogens is 356 g/mol. The van der Waals surface area contributed by atoms with Gasteiger partial charge in [-0.2, -0.15) is 5.10 Å². The number of hydrogen-bond acceptors (Lipinski definition) is 5. The minimum absolute atomic E-state index is 0.121. The Kier molecular flexibility index (Phi) is 5.06. The first kappa shape index (κ1) is 18.1. The van der Waals surface area contributed by atoms with Gasteiger partial charge in [0, 0.05) is 14.1 Å². The number of likely N-dealkylation sites (N-methyl/N-ethyl adjacent to an activating group) is 2. The highest BCUT2D eigenvalue weighted by molar-refractivity contribution is 6.33. The number of aromatic nitrogens is 4. The van der Waals surface area contributed by atoms with Gasteiger partial charge in [0.2, 0.25) is 5.91 Å². The Morgan fingerprint density at radius 1 is 1.31 bits per heavy atom. The normalized spacial score (nSPS) is 11.3. The molecule has 0 aliphatic rings. The Balaban J connectivity index is 1.71. The van der Waals surface area contributed by atoms with Crippen molar-refractivity contribution in [1.82, 2.24) is 24.6 Å². The molecule has 0 aliphatic carbocycles. The van der Waals surface area contributed by atoms with Crippen LogP contribution < -0.4 is 10.5 Å². The van der Waals surface area contributed by atoms with Crippen LogP contribution in [-0.2, 0) is 18.4 Å². The van der Waals surface area contributed by atoms with Gasteiger partial charge in [-0.15, -0.1) is 0 Å². The van der Waals surface area contributed by atoms with Crippen LogP contribution >= 0.6 is 11.6 Å². The second-order valence-corrected chi connectivity index (χ2v) is 6.50. The maximum absolute atomic E-state index is 12.5. The van der Waals surface area contributed by atoms with Gasteiger partial charge in [-0.05, 0) is 19.2 Å². The van der Waals surface area contributed by atoms with Crippen LogP contribution in [0.25, 0.3) is 11.0 Å². The maximum Gasteiger partial charge on any atom is 0.262 e. The van der Waals surface area contributed by atoms with E-state index >= 15 is 0 Å². The lowest BCUT2D eigenvalue weighted by Gasteiger charge is -2.22. The molecule has 9 heteroatoms. The number of hydrogen-bond donors (Lipinski definition) is 1. The minimum Gasteiger partial charge on any atom is -0.313 e. The molecule has 136 valence electrons. The van der Waals surface area contributed by atoms with Crippen LogP contribution in [0.5, 0.6) is 0 Å². The zero-order valence-corrected chi connectivity index (χ0v) is 15.5. The highest BCUT2D eigenvalue weighted by Crippen LogP contribution is 2.24. The first-order valence-corrected chi connectivity index (χ1v) is 8.35. The number of carbonyl (C=O) groups excluding carboxylic acids is 1. The first-order chi connectivity index (χ1) is 12.4. The van der Waals surface area contributed by atoms with Gasteiger partial charge < -0.3 is 9.88 Å². The van der Waals surface area contributed by atoms with Gasteiger partial charge in [0.1, 0.15) is 11.2 Å². The number of benzene rings is 1. The third-order valence-electron chi connectivity index (χ3n) is 4.06. The Labute approximate surface area is 155 Å². The third kappa shape index (κ3) is 3.61. The highest BCUT2D eigenvalue weighted by Gasteiger charge is 2.17. The summed E-state index contributed by atoms with van der Waals surface area (Å²) in [5.74, 6) is 0.353. The summed E-state index contributed by atoms with van der Waals surface area (Å²) in [4.78, 5) is 35.0. The number of rotatable bonds is 5. The Bertz CT molecular complexity index is 1010. The molecule has 26 heavy (non-hydrogen) atoms. The second kappa shape index (κ2) is 7.27. The number of para-hydroxylation sites is 1. The number of fused-ring (bicyclic) bond motifs is 1. The Morgan fingerprint density at radius 3 is 2.77 bits per heavy atom. The molecule has 3 rings (SSSR count). The van der Waals surface area contributed by atoms with E-state index in [-0.39, 0.29) is 18.0 Å². The number of aromatic amines is 1. The fourth-order valence-corrected chi connectivity index (χ4v) is 2.92. The van der Waals surface area contributed by atoms with E-state index in [1.54, 1.807) is 42.9 Å². The molecule has 3 aromatic rings. The van der Waals surface area contributed by atoms with E-state index in [0.29, 0.717) is 34.1 Å². The van der Waals surface area contributed by atoms with Crippen molar-refractivity contribution >= 4 is 34.2 Å². The molecule has 1 N–H and O–H groups in total. The van der Waals surface area contributed by atoms with Gasteiger partial charge in [0.05, 0.1) is 30.0 Å². The van der Waals surface area contributed by atoms with Gasteiger partial charge >= 0.3 is 0 Å². The summed E-state index contributed by atoms with van der Waals surface area (Å²) in [5, 5.41) is 4.99. The monoisotopic (exact) mass is 374 g/mol. The van der Waals surface area contributed by atoms with Crippen LogP contribution in [0.4, 0.5) is 5.69 Å². The Morgan fingerprint density at radius 2 is 2.04 bits per heavy atom. The molecule has 0 bridgehead atoms. The fourth-order valence-electron chi connectivity index (χ4n) is 2.66. The van der Waals surface area contributed by atoms with Gasteiger partial charge in [-0.1, -0.05) is 23.7 Å². The summed E-state index contributed by atoms with van der Waals surface area (Å²) in [6, 6.07) is 7.16. The number of aryl methyl sites for hydroxylation is 1. The lowest BCUT2D eigenvalue weighted by atomic mass is 10.3. The van der Waals surface area contributed by atoms with Crippen molar-refractivity contribution in [3.05, 3.63) is 51.7 Å². The third-order valence-corrected chi connectivity index (χ3v) is 4.38. The van der Waals surface area contributed by atoms with Gasteiger partial charge in [0.15, 0.2) is 5.65 Å². The van der Waals surface area contributed by atoms with E-state index in [4.69, 9.17) is 11.6 Å². The van der Waals surface area contributed by atoms with Crippen LogP contribution in [0.1, 0.15) is 5.82 Å². The molecule has 2 heterocycles. The van der Waals surface area contributed by atoms with Gasteiger partial charge in [-0.3, -0.25) is 19.2 Å². The second-order valence-electron chi connectivity index (χ2n) is 6.09. The Hall–Kier alpha value is -2.71. The standard InChI is InChI=1S/C17H19ClN6O2/c1-22(10-15(25)23(2)13-7-5-4-6-12(13)18)9-14-20-16-11(17(26)21-14)8-19-24(16)3/h4-8H,9-10H2,1-3H3,(H,20,21,26). The highest BCUT2D eigenvalue weighted by atomic mass is 35.5. The lowest BCUT2D eigenvalue weighted by Crippen LogP contribution is -2.37. The van der Waals surface area contributed by atoms with Crippen molar-refractivity contribution < 1.29 is 4.79 Å². The first-order valence-electron chi connectivity index (χ1n) is 7.97. The number of nitrogens with one attached hydrogen (secondary N) is 1. The number of amides is 1. The van der Waals surface area contributed by atoms with E-state index in [9.17, 15) is 9.59 Å². The van der Waals surface area contributed by atoms with E-state index in [0.717, 1.165) is 0 Å². The van der Waals surface area contributed by atoms with Crippen LogP contribution in [0, 0.1) is 0 Å². The number of nitrogens with zero attached hydrogens (tertiary/aromatic N) is 5. The summed E-state index contributed by atoms with van der Waals surface area (Å²) in [6.07, 6.45) is 1.48. The summed E-state index contributed by atoms with van der Waals surface area (Å²) in [6.45, 7) is 0.466.